The Balaban J connectivity index is 1.46. The van der Waals surface area contributed by atoms with Crippen LogP contribution in [0.25, 0.3) is 11.1 Å². The summed E-state index contributed by atoms with van der Waals surface area (Å²) in [5.74, 6) is 0. The highest BCUT2D eigenvalue weighted by molar-refractivity contribution is 5.96. The molecular weight excluding hydrogens is 336 g/mol. The van der Waals surface area contributed by atoms with Crippen molar-refractivity contribution in [2.45, 2.75) is 19.4 Å². The normalized spacial score (nSPS) is 18.0. The van der Waals surface area contributed by atoms with Crippen molar-refractivity contribution in [2.75, 3.05) is 11.4 Å². The number of aryl methyl sites for hydroxylation is 1. The molecule has 2 aliphatic heterocycles. The average Bonchev–Trinajstić information content (AvgIpc) is 3.41. The van der Waals surface area contributed by atoms with Crippen LogP contribution in [0.15, 0.2) is 59.7 Å². The van der Waals surface area contributed by atoms with E-state index in [4.69, 9.17) is 0 Å². The van der Waals surface area contributed by atoms with Crippen LogP contribution in [0, 0.1) is 6.92 Å². The molecule has 0 aliphatic carbocycles. The van der Waals surface area contributed by atoms with E-state index in [1.54, 1.807) is 0 Å². The van der Waals surface area contributed by atoms with Crippen LogP contribution in [0.3, 0.4) is 0 Å². The molecule has 2 N–H and O–H groups in total. The molecule has 2 aromatic carbocycles. The van der Waals surface area contributed by atoms with Crippen LogP contribution in [0.1, 0.15) is 22.9 Å². The number of carbonyl (C=O) groups excluding carboxylic acids is 1. The van der Waals surface area contributed by atoms with Crippen LogP contribution < -0.4 is 10.2 Å². The molecule has 1 fully saturated rings. The molecule has 27 heavy (non-hydrogen) atoms. The van der Waals surface area contributed by atoms with Gasteiger partial charge in [0.05, 0.1) is 11.7 Å². The van der Waals surface area contributed by atoms with E-state index in [0.29, 0.717) is 6.54 Å². The van der Waals surface area contributed by atoms with Crippen molar-refractivity contribution >= 4 is 23.6 Å². The van der Waals surface area contributed by atoms with Crippen molar-refractivity contribution < 1.29 is 4.79 Å². The molecule has 2 aliphatic rings. The third-order valence-electron chi connectivity index (χ3n) is 5.32. The molecule has 5 rings (SSSR count). The van der Waals surface area contributed by atoms with Gasteiger partial charge in [-0.05, 0) is 47.4 Å². The SMILES string of the molecule is Cc1cc(-c2ccc(C3CNC(=O)N3c3ccc4c(c3)N=CC4)cc2)c[nH]1. The lowest BCUT2D eigenvalue weighted by Gasteiger charge is -2.24. The standard InChI is InChI=1S/C22H20N4O/c1-14-10-18(12-24-14)15-2-4-17(5-3-15)21-13-25-22(27)26(21)19-7-6-16-8-9-23-20(16)11-19/h2-7,9-12,21,24H,8,13H2,1H3,(H,25,27). The molecule has 0 spiro atoms. The lowest BCUT2D eigenvalue weighted by atomic mass is 10.0. The quantitative estimate of drug-likeness (QED) is 0.712. The Morgan fingerprint density at radius 3 is 2.70 bits per heavy atom. The number of anilines is 1. The Morgan fingerprint density at radius 2 is 1.93 bits per heavy atom. The van der Waals surface area contributed by atoms with E-state index in [1.165, 1.54) is 16.7 Å². The Labute approximate surface area is 157 Å². The van der Waals surface area contributed by atoms with Gasteiger partial charge >= 0.3 is 6.03 Å². The fourth-order valence-electron chi connectivity index (χ4n) is 3.88. The summed E-state index contributed by atoms with van der Waals surface area (Å²) in [5, 5.41) is 2.98. The summed E-state index contributed by atoms with van der Waals surface area (Å²) in [5.41, 5.74) is 7.66. The van der Waals surface area contributed by atoms with Crippen LogP contribution >= 0.6 is 0 Å². The second-order valence-electron chi connectivity index (χ2n) is 7.09. The number of fused-ring (bicyclic) bond motifs is 1. The maximum absolute atomic E-state index is 12.5. The molecule has 0 radical (unpaired) electrons. The first-order valence-electron chi connectivity index (χ1n) is 9.17. The minimum atomic E-state index is -0.0627. The van der Waals surface area contributed by atoms with Gasteiger partial charge in [-0.3, -0.25) is 9.89 Å². The van der Waals surface area contributed by atoms with E-state index >= 15 is 0 Å². The zero-order valence-corrected chi connectivity index (χ0v) is 15.1. The number of amides is 2. The molecule has 3 heterocycles. The number of carbonyl (C=O) groups is 1. The van der Waals surface area contributed by atoms with Crippen LogP contribution in [0.5, 0.6) is 0 Å². The molecule has 134 valence electrons. The number of hydrogen-bond acceptors (Lipinski definition) is 2. The number of aromatic nitrogens is 1. The van der Waals surface area contributed by atoms with E-state index in [1.807, 2.05) is 36.4 Å². The number of urea groups is 1. The molecule has 0 bridgehead atoms. The van der Waals surface area contributed by atoms with Gasteiger partial charge in [0.1, 0.15) is 0 Å². The smallest absolute Gasteiger partial charge is 0.322 e. The van der Waals surface area contributed by atoms with E-state index < -0.39 is 0 Å². The van der Waals surface area contributed by atoms with Crippen LogP contribution in [0.2, 0.25) is 0 Å². The fourth-order valence-corrected chi connectivity index (χ4v) is 3.88. The van der Waals surface area contributed by atoms with Crippen molar-refractivity contribution in [2.24, 2.45) is 4.99 Å². The van der Waals surface area contributed by atoms with Crippen molar-refractivity contribution in [3.63, 3.8) is 0 Å². The number of nitrogens with zero attached hydrogens (tertiary/aromatic N) is 2. The lowest BCUT2D eigenvalue weighted by molar-refractivity contribution is 0.251. The monoisotopic (exact) mass is 356 g/mol. The number of rotatable bonds is 3. The van der Waals surface area contributed by atoms with Crippen molar-refractivity contribution in [1.29, 1.82) is 0 Å². The van der Waals surface area contributed by atoms with Gasteiger partial charge < -0.3 is 10.3 Å². The first-order chi connectivity index (χ1) is 13.2. The number of benzene rings is 2. The average molecular weight is 356 g/mol. The number of aliphatic imine (C=N–C) groups is 1. The Hall–Kier alpha value is -3.34. The predicted molar refractivity (Wildman–Crippen MR) is 108 cm³/mol. The minimum Gasteiger partial charge on any atom is -0.365 e. The maximum Gasteiger partial charge on any atom is 0.322 e. The van der Waals surface area contributed by atoms with Gasteiger partial charge in [0.25, 0.3) is 0 Å². The fraction of sp³-hybridized carbons (Fsp3) is 0.182. The minimum absolute atomic E-state index is 0.0251. The molecule has 5 nitrogen and oxygen atoms in total. The molecule has 0 saturated carbocycles. The summed E-state index contributed by atoms with van der Waals surface area (Å²) in [4.78, 5) is 22.0. The van der Waals surface area contributed by atoms with Gasteiger partial charge in [-0.25, -0.2) is 4.79 Å². The largest absolute Gasteiger partial charge is 0.365 e. The number of hydrogen-bond donors (Lipinski definition) is 2. The molecule has 1 aromatic heterocycles. The summed E-state index contributed by atoms with van der Waals surface area (Å²) < 4.78 is 0. The van der Waals surface area contributed by atoms with Crippen molar-refractivity contribution in [3.05, 3.63) is 71.5 Å². The zero-order valence-electron chi connectivity index (χ0n) is 15.1. The van der Waals surface area contributed by atoms with Crippen molar-refractivity contribution in [3.8, 4) is 11.1 Å². The molecule has 1 unspecified atom stereocenters. The molecule has 1 saturated heterocycles. The molecule has 3 aromatic rings. The van der Waals surface area contributed by atoms with Gasteiger partial charge in [0.2, 0.25) is 0 Å². The Bertz CT molecular complexity index is 1050. The van der Waals surface area contributed by atoms with Crippen LogP contribution in [-0.2, 0) is 6.42 Å². The topological polar surface area (TPSA) is 60.5 Å². The lowest BCUT2D eigenvalue weighted by Crippen LogP contribution is -2.29. The summed E-state index contributed by atoms with van der Waals surface area (Å²) in [6, 6.07) is 16.6. The predicted octanol–water partition coefficient (Wildman–Crippen LogP) is 4.52. The molecular formula is C22H20N4O. The highest BCUT2D eigenvalue weighted by atomic mass is 16.2. The van der Waals surface area contributed by atoms with Gasteiger partial charge in [0.15, 0.2) is 0 Å². The molecule has 1 atom stereocenters. The second-order valence-corrected chi connectivity index (χ2v) is 7.09. The second kappa shape index (κ2) is 6.13. The highest BCUT2D eigenvalue weighted by Crippen LogP contribution is 2.36. The highest BCUT2D eigenvalue weighted by Gasteiger charge is 2.33. The first kappa shape index (κ1) is 15.9. The number of H-pyrrole nitrogens is 1. The van der Waals surface area contributed by atoms with E-state index in [9.17, 15) is 4.79 Å². The van der Waals surface area contributed by atoms with E-state index in [0.717, 1.165) is 29.1 Å². The van der Waals surface area contributed by atoms with Crippen molar-refractivity contribution in [1.82, 2.24) is 10.3 Å². The molecule has 5 heteroatoms. The van der Waals surface area contributed by atoms with E-state index in [-0.39, 0.29) is 12.1 Å². The van der Waals surface area contributed by atoms with Crippen LogP contribution in [0.4, 0.5) is 16.2 Å². The number of nitrogens with one attached hydrogen (secondary N) is 2. The third-order valence-corrected chi connectivity index (χ3v) is 5.32. The first-order valence-corrected chi connectivity index (χ1v) is 9.17. The Morgan fingerprint density at radius 1 is 1.07 bits per heavy atom. The molecule has 2 amide bonds. The summed E-state index contributed by atoms with van der Waals surface area (Å²) >= 11 is 0. The van der Waals surface area contributed by atoms with Gasteiger partial charge in [-0.1, -0.05) is 30.3 Å². The maximum atomic E-state index is 12.5. The van der Waals surface area contributed by atoms with E-state index in [2.05, 4.69) is 51.7 Å². The number of aromatic amines is 1. The van der Waals surface area contributed by atoms with Crippen LogP contribution in [-0.4, -0.2) is 23.8 Å². The summed E-state index contributed by atoms with van der Waals surface area (Å²) in [6.45, 7) is 2.65. The summed E-state index contributed by atoms with van der Waals surface area (Å²) in [6.07, 6.45) is 4.80. The van der Waals surface area contributed by atoms with Gasteiger partial charge in [0, 0.05) is 36.8 Å². The van der Waals surface area contributed by atoms with Gasteiger partial charge in [-0.2, -0.15) is 0 Å². The Kier molecular flexibility index (Phi) is 3.60. The third kappa shape index (κ3) is 2.72. The van der Waals surface area contributed by atoms with Gasteiger partial charge in [-0.15, -0.1) is 0 Å². The zero-order chi connectivity index (χ0) is 18.4. The summed E-state index contributed by atoms with van der Waals surface area (Å²) in [7, 11) is 0.